The molecule has 0 aromatic carbocycles. The Morgan fingerprint density at radius 3 is 2.41 bits per heavy atom. The first kappa shape index (κ1) is 12.2. The summed E-state index contributed by atoms with van der Waals surface area (Å²) in [6.45, 7) is 1.48. The Labute approximate surface area is 102 Å². The number of amides is 1. The van der Waals surface area contributed by atoms with Gasteiger partial charge in [0.2, 0.25) is 5.91 Å². The van der Waals surface area contributed by atoms with Gasteiger partial charge in [0.15, 0.2) is 0 Å². The van der Waals surface area contributed by atoms with Gasteiger partial charge in [0.25, 0.3) is 0 Å². The molecule has 0 bridgehead atoms. The number of carbonyl (C=O) groups excluding carboxylic acids is 1. The molecule has 2 rings (SSSR count). The minimum Gasteiger partial charge on any atom is -0.409 e. The highest BCUT2D eigenvalue weighted by atomic mass is 16.4. The second-order valence-electron chi connectivity index (χ2n) is 5.18. The van der Waals surface area contributed by atoms with E-state index in [0.29, 0.717) is 18.2 Å². The summed E-state index contributed by atoms with van der Waals surface area (Å²) in [7, 11) is 0. The Bertz CT molecular complexity index is 305. The van der Waals surface area contributed by atoms with Crippen LogP contribution in [0.15, 0.2) is 5.16 Å². The molecule has 0 aromatic heterocycles. The van der Waals surface area contributed by atoms with Crippen molar-refractivity contribution in [3.05, 3.63) is 0 Å². The topological polar surface area (TPSA) is 78.9 Å². The molecule has 2 aliphatic rings. The van der Waals surface area contributed by atoms with Gasteiger partial charge in [-0.05, 0) is 31.6 Å². The van der Waals surface area contributed by atoms with Gasteiger partial charge in [-0.2, -0.15) is 0 Å². The van der Waals surface area contributed by atoms with E-state index in [2.05, 4.69) is 5.16 Å². The molecule has 0 aromatic rings. The summed E-state index contributed by atoms with van der Waals surface area (Å²) >= 11 is 0. The Morgan fingerprint density at radius 1 is 1.29 bits per heavy atom. The van der Waals surface area contributed by atoms with Crippen molar-refractivity contribution in [2.75, 3.05) is 13.1 Å². The summed E-state index contributed by atoms with van der Waals surface area (Å²) in [5.41, 5.74) is 5.58. The average Bonchev–Trinajstić information content (AvgIpc) is 2.32. The van der Waals surface area contributed by atoms with Gasteiger partial charge in [-0.25, -0.2) is 0 Å². The van der Waals surface area contributed by atoms with Gasteiger partial charge in [-0.3, -0.25) is 4.79 Å². The van der Waals surface area contributed by atoms with Crippen LogP contribution in [0.5, 0.6) is 0 Å². The molecule has 17 heavy (non-hydrogen) atoms. The molecule has 1 amide bonds. The number of nitrogens with two attached hydrogens (primary N) is 1. The minimum atomic E-state index is 0.132. The number of oxime groups is 1. The normalized spacial score (nSPS) is 23.5. The Kier molecular flexibility index (Phi) is 3.86. The molecule has 1 aliphatic heterocycles. The number of piperidine rings is 1. The van der Waals surface area contributed by atoms with Crippen molar-refractivity contribution in [1.82, 2.24) is 4.90 Å². The monoisotopic (exact) mass is 239 g/mol. The molecular weight excluding hydrogens is 218 g/mol. The first-order valence-electron chi connectivity index (χ1n) is 6.46. The number of nitrogens with zero attached hydrogens (tertiary/aromatic N) is 2. The molecule has 1 aliphatic carbocycles. The highest BCUT2D eigenvalue weighted by Crippen LogP contribution is 2.30. The predicted octanol–water partition coefficient (Wildman–Crippen LogP) is 1.16. The van der Waals surface area contributed by atoms with E-state index in [9.17, 15) is 4.79 Å². The number of carbonyl (C=O) groups is 1. The van der Waals surface area contributed by atoms with Crippen LogP contribution in [0.3, 0.4) is 0 Å². The van der Waals surface area contributed by atoms with Gasteiger partial charge in [0.05, 0.1) is 0 Å². The molecule has 2 fully saturated rings. The van der Waals surface area contributed by atoms with E-state index in [1.54, 1.807) is 0 Å². The van der Waals surface area contributed by atoms with E-state index in [-0.39, 0.29) is 11.8 Å². The molecule has 96 valence electrons. The zero-order valence-electron chi connectivity index (χ0n) is 10.1. The molecule has 3 N–H and O–H groups in total. The third kappa shape index (κ3) is 2.90. The van der Waals surface area contributed by atoms with Crippen LogP contribution in [0.1, 0.15) is 38.5 Å². The van der Waals surface area contributed by atoms with Crippen LogP contribution >= 0.6 is 0 Å². The van der Waals surface area contributed by atoms with E-state index in [0.717, 1.165) is 25.9 Å². The van der Waals surface area contributed by atoms with Crippen molar-refractivity contribution in [1.29, 1.82) is 0 Å². The van der Waals surface area contributed by atoms with Crippen molar-refractivity contribution < 1.29 is 10.0 Å². The van der Waals surface area contributed by atoms with E-state index < -0.39 is 0 Å². The van der Waals surface area contributed by atoms with Gasteiger partial charge in [0.1, 0.15) is 5.84 Å². The number of likely N-dealkylation sites (tertiary alicyclic amines) is 1. The lowest BCUT2D eigenvalue weighted by Crippen LogP contribution is -2.42. The van der Waals surface area contributed by atoms with Crippen LogP contribution in [0.4, 0.5) is 0 Å². The molecule has 5 heteroatoms. The zero-order valence-corrected chi connectivity index (χ0v) is 10.1. The smallest absolute Gasteiger partial charge is 0.222 e. The van der Waals surface area contributed by atoms with Gasteiger partial charge in [-0.15, -0.1) is 0 Å². The lowest BCUT2D eigenvalue weighted by atomic mass is 9.82. The third-order valence-electron chi connectivity index (χ3n) is 4.07. The quantitative estimate of drug-likeness (QED) is 0.336. The maximum Gasteiger partial charge on any atom is 0.222 e. The summed E-state index contributed by atoms with van der Waals surface area (Å²) in [5.74, 6) is 1.35. The number of hydrogen-bond acceptors (Lipinski definition) is 3. The minimum absolute atomic E-state index is 0.132. The standard InChI is InChI=1S/C12H21N3O2/c13-12(14-17)10-4-6-15(7-5-10)11(16)8-9-2-1-3-9/h9-10,17H,1-8H2,(H2,13,14). The van der Waals surface area contributed by atoms with Crippen molar-refractivity contribution in [2.45, 2.75) is 38.5 Å². The van der Waals surface area contributed by atoms with Crippen molar-refractivity contribution in [2.24, 2.45) is 22.7 Å². The second-order valence-corrected chi connectivity index (χ2v) is 5.18. The fourth-order valence-electron chi connectivity index (χ4n) is 2.58. The summed E-state index contributed by atoms with van der Waals surface area (Å²) in [4.78, 5) is 13.9. The van der Waals surface area contributed by atoms with Gasteiger partial charge in [-0.1, -0.05) is 11.6 Å². The molecule has 0 unspecified atom stereocenters. The number of hydrogen-bond donors (Lipinski definition) is 2. The largest absolute Gasteiger partial charge is 0.409 e. The van der Waals surface area contributed by atoms with Gasteiger partial charge < -0.3 is 15.8 Å². The van der Waals surface area contributed by atoms with Gasteiger partial charge in [0, 0.05) is 25.4 Å². The van der Waals surface area contributed by atoms with E-state index in [1.165, 1.54) is 19.3 Å². The fourth-order valence-corrected chi connectivity index (χ4v) is 2.58. The SMILES string of the molecule is NC(=NO)C1CCN(C(=O)CC2CCC2)CC1. The molecule has 0 radical (unpaired) electrons. The highest BCUT2D eigenvalue weighted by Gasteiger charge is 2.28. The van der Waals surface area contributed by atoms with Crippen LogP contribution in [0.2, 0.25) is 0 Å². The Hall–Kier alpha value is -1.26. The van der Waals surface area contributed by atoms with Crippen LogP contribution in [0, 0.1) is 11.8 Å². The average molecular weight is 239 g/mol. The van der Waals surface area contributed by atoms with Crippen molar-refractivity contribution in [3.63, 3.8) is 0 Å². The van der Waals surface area contributed by atoms with E-state index in [4.69, 9.17) is 10.9 Å². The van der Waals surface area contributed by atoms with Crippen LogP contribution in [-0.2, 0) is 4.79 Å². The van der Waals surface area contributed by atoms with Crippen LogP contribution < -0.4 is 5.73 Å². The molecule has 5 nitrogen and oxygen atoms in total. The molecular formula is C12H21N3O2. The molecule has 0 spiro atoms. The van der Waals surface area contributed by atoms with Crippen LogP contribution in [-0.4, -0.2) is 34.9 Å². The molecule has 1 saturated carbocycles. The maximum absolute atomic E-state index is 12.0. The predicted molar refractivity (Wildman–Crippen MR) is 64.7 cm³/mol. The van der Waals surface area contributed by atoms with Gasteiger partial charge >= 0.3 is 0 Å². The summed E-state index contributed by atoms with van der Waals surface area (Å²) in [6, 6.07) is 0. The van der Waals surface area contributed by atoms with E-state index in [1.807, 2.05) is 4.90 Å². The number of rotatable bonds is 3. The first-order valence-corrected chi connectivity index (χ1v) is 6.46. The lowest BCUT2D eigenvalue weighted by Gasteiger charge is -2.33. The molecule has 0 atom stereocenters. The first-order chi connectivity index (χ1) is 8.20. The Balaban J connectivity index is 1.76. The zero-order chi connectivity index (χ0) is 12.3. The summed E-state index contributed by atoms with van der Waals surface area (Å²) in [6.07, 6.45) is 6.05. The fraction of sp³-hybridized carbons (Fsp3) is 0.833. The summed E-state index contributed by atoms with van der Waals surface area (Å²) < 4.78 is 0. The maximum atomic E-state index is 12.0. The van der Waals surface area contributed by atoms with Crippen molar-refractivity contribution >= 4 is 11.7 Å². The molecule has 1 heterocycles. The lowest BCUT2D eigenvalue weighted by molar-refractivity contribution is -0.134. The van der Waals surface area contributed by atoms with Crippen LogP contribution in [0.25, 0.3) is 0 Å². The van der Waals surface area contributed by atoms with E-state index >= 15 is 0 Å². The number of amidine groups is 1. The third-order valence-corrected chi connectivity index (χ3v) is 4.07. The second kappa shape index (κ2) is 5.38. The highest BCUT2D eigenvalue weighted by molar-refractivity contribution is 5.83. The summed E-state index contributed by atoms with van der Waals surface area (Å²) in [5, 5.41) is 11.6. The molecule has 1 saturated heterocycles. The Morgan fingerprint density at radius 2 is 1.94 bits per heavy atom. The van der Waals surface area contributed by atoms with Crippen molar-refractivity contribution in [3.8, 4) is 0 Å².